The topological polar surface area (TPSA) is 15.3 Å². The SMILES string of the molecule is C=CCCCC[Si](C)(Cl)N1CCNCC1CC. The van der Waals surface area contributed by atoms with Gasteiger partial charge in [0, 0.05) is 25.7 Å². The molecule has 1 aliphatic heterocycles. The molecule has 0 amide bonds. The summed E-state index contributed by atoms with van der Waals surface area (Å²) < 4.78 is 2.62. The van der Waals surface area contributed by atoms with Crippen molar-refractivity contribution < 1.29 is 0 Å². The minimum atomic E-state index is -1.71. The van der Waals surface area contributed by atoms with Crippen LogP contribution in [0.4, 0.5) is 0 Å². The first-order valence-electron chi connectivity index (χ1n) is 6.89. The van der Waals surface area contributed by atoms with Gasteiger partial charge in [-0.2, -0.15) is 0 Å². The van der Waals surface area contributed by atoms with Gasteiger partial charge in [0.2, 0.25) is 7.55 Å². The Hall–Kier alpha value is 0.167. The van der Waals surface area contributed by atoms with Crippen LogP contribution in [0, 0.1) is 0 Å². The molecule has 0 aromatic carbocycles. The Bertz CT molecular complexity index is 233. The highest BCUT2D eigenvalue weighted by Crippen LogP contribution is 2.27. The van der Waals surface area contributed by atoms with Crippen LogP contribution < -0.4 is 5.32 Å². The number of hydrogen-bond donors (Lipinski definition) is 1. The van der Waals surface area contributed by atoms with Crippen LogP contribution in [0.1, 0.15) is 32.6 Å². The van der Waals surface area contributed by atoms with Crippen molar-refractivity contribution in [3.05, 3.63) is 12.7 Å². The smallest absolute Gasteiger partial charge is 0.226 e. The van der Waals surface area contributed by atoms with Crippen LogP contribution in [0.2, 0.25) is 12.6 Å². The van der Waals surface area contributed by atoms with E-state index in [4.69, 9.17) is 11.1 Å². The molecule has 0 spiro atoms. The highest BCUT2D eigenvalue weighted by molar-refractivity contribution is 7.18. The van der Waals surface area contributed by atoms with Crippen molar-refractivity contribution in [3.8, 4) is 0 Å². The van der Waals surface area contributed by atoms with Crippen molar-refractivity contribution in [3.63, 3.8) is 0 Å². The Balaban J connectivity index is 2.45. The van der Waals surface area contributed by atoms with E-state index in [-0.39, 0.29) is 0 Å². The van der Waals surface area contributed by atoms with Gasteiger partial charge in [-0.3, -0.25) is 0 Å². The highest BCUT2D eigenvalue weighted by atomic mass is 35.6. The monoisotopic (exact) mass is 274 g/mol. The lowest BCUT2D eigenvalue weighted by Gasteiger charge is -2.43. The van der Waals surface area contributed by atoms with Gasteiger partial charge in [-0.25, -0.2) is 0 Å². The van der Waals surface area contributed by atoms with Gasteiger partial charge in [0.25, 0.3) is 0 Å². The summed E-state index contributed by atoms with van der Waals surface area (Å²) in [5, 5.41) is 3.47. The first kappa shape index (κ1) is 15.2. The Morgan fingerprint density at radius 3 is 2.94 bits per heavy atom. The van der Waals surface area contributed by atoms with Crippen LogP contribution in [0.5, 0.6) is 0 Å². The Kier molecular flexibility index (Phi) is 6.78. The van der Waals surface area contributed by atoms with Gasteiger partial charge < -0.3 is 9.88 Å². The summed E-state index contributed by atoms with van der Waals surface area (Å²) in [6, 6.07) is 1.86. The molecule has 0 aromatic heterocycles. The Labute approximate surface area is 112 Å². The second-order valence-corrected chi connectivity index (χ2v) is 10.9. The lowest BCUT2D eigenvalue weighted by molar-refractivity contribution is 0.256. The largest absolute Gasteiger partial charge is 0.314 e. The van der Waals surface area contributed by atoms with E-state index in [9.17, 15) is 0 Å². The molecular weight excluding hydrogens is 248 g/mol. The molecule has 2 nitrogen and oxygen atoms in total. The van der Waals surface area contributed by atoms with Crippen molar-refractivity contribution in [2.24, 2.45) is 0 Å². The van der Waals surface area contributed by atoms with Crippen LogP contribution in [0.25, 0.3) is 0 Å². The number of hydrogen-bond acceptors (Lipinski definition) is 2. The number of unbranched alkanes of at least 4 members (excludes halogenated alkanes) is 2. The molecule has 1 aliphatic rings. The molecule has 0 bridgehead atoms. The van der Waals surface area contributed by atoms with Crippen LogP contribution in [-0.2, 0) is 0 Å². The van der Waals surface area contributed by atoms with Crippen LogP contribution >= 0.6 is 11.1 Å². The van der Waals surface area contributed by atoms with Gasteiger partial charge in [-0.1, -0.05) is 25.8 Å². The number of nitrogens with zero attached hydrogens (tertiary/aromatic N) is 1. The number of nitrogens with one attached hydrogen (secondary N) is 1. The fourth-order valence-corrected chi connectivity index (χ4v) is 6.48. The molecule has 2 atom stereocenters. The van der Waals surface area contributed by atoms with E-state index in [1.165, 1.54) is 25.3 Å². The maximum absolute atomic E-state index is 6.88. The fraction of sp³-hybridized carbons (Fsp3) is 0.846. The third kappa shape index (κ3) is 4.74. The molecule has 1 heterocycles. The standard InChI is InChI=1S/C13H27ClN2Si/c1-4-6-7-8-11-17(3,14)16-10-9-15-12-13(16)5-2/h4,13,15H,1,5-12H2,2-3H3. The zero-order valence-corrected chi connectivity index (χ0v) is 13.1. The second-order valence-electron chi connectivity index (χ2n) is 5.14. The highest BCUT2D eigenvalue weighted by Gasteiger charge is 2.37. The summed E-state index contributed by atoms with van der Waals surface area (Å²) >= 11 is 6.88. The molecule has 0 saturated carbocycles. The van der Waals surface area contributed by atoms with E-state index >= 15 is 0 Å². The van der Waals surface area contributed by atoms with Crippen molar-refractivity contribution in [1.82, 2.24) is 9.88 Å². The van der Waals surface area contributed by atoms with E-state index < -0.39 is 7.55 Å². The predicted octanol–water partition coefficient (Wildman–Crippen LogP) is 3.34. The molecule has 0 aromatic rings. The van der Waals surface area contributed by atoms with E-state index in [2.05, 4.69) is 29.9 Å². The lowest BCUT2D eigenvalue weighted by Crippen LogP contribution is -2.60. The summed E-state index contributed by atoms with van der Waals surface area (Å²) in [7, 11) is -1.71. The predicted molar refractivity (Wildman–Crippen MR) is 80.0 cm³/mol. The number of halogens is 1. The van der Waals surface area contributed by atoms with Crippen LogP contribution in [-0.4, -0.2) is 37.8 Å². The lowest BCUT2D eigenvalue weighted by atomic mass is 10.2. The quantitative estimate of drug-likeness (QED) is 0.332. The summed E-state index contributed by atoms with van der Waals surface area (Å²) in [6.45, 7) is 11.7. The molecule has 1 rings (SSSR count). The molecule has 0 radical (unpaired) electrons. The van der Waals surface area contributed by atoms with E-state index in [0.29, 0.717) is 6.04 Å². The molecule has 4 heteroatoms. The van der Waals surface area contributed by atoms with E-state index in [1.807, 2.05) is 6.08 Å². The van der Waals surface area contributed by atoms with Gasteiger partial charge in [0.05, 0.1) is 0 Å². The normalized spacial score (nSPS) is 25.5. The third-order valence-corrected chi connectivity index (χ3v) is 7.98. The minimum absolute atomic E-state index is 0.650. The molecule has 1 saturated heterocycles. The maximum Gasteiger partial charge on any atom is 0.226 e. The maximum atomic E-state index is 6.88. The van der Waals surface area contributed by atoms with E-state index in [0.717, 1.165) is 26.1 Å². The minimum Gasteiger partial charge on any atom is -0.314 e. The Morgan fingerprint density at radius 2 is 2.29 bits per heavy atom. The van der Waals surface area contributed by atoms with Crippen molar-refractivity contribution in [2.45, 2.75) is 51.2 Å². The molecule has 17 heavy (non-hydrogen) atoms. The summed E-state index contributed by atoms with van der Waals surface area (Å²) in [5.41, 5.74) is 0. The second kappa shape index (κ2) is 7.57. The fourth-order valence-electron chi connectivity index (χ4n) is 2.62. The van der Waals surface area contributed by atoms with Gasteiger partial charge >= 0.3 is 0 Å². The van der Waals surface area contributed by atoms with Gasteiger partial charge in [0.1, 0.15) is 0 Å². The molecule has 100 valence electrons. The summed E-state index contributed by atoms with van der Waals surface area (Å²) in [6.07, 6.45) is 6.82. The first-order chi connectivity index (χ1) is 8.11. The van der Waals surface area contributed by atoms with Gasteiger partial charge in [0.15, 0.2) is 0 Å². The van der Waals surface area contributed by atoms with Crippen molar-refractivity contribution >= 4 is 18.6 Å². The third-order valence-electron chi connectivity index (χ3n) is 3.71. The van der Waals surface area contributed by atoms with Gasteiger partial charge in [-0.05, 0) is 25.4 Å². The molecule has 0 aliphatic carbocycles. The summed E-state index contributed by atoms with van der Waals surface area (Å²) in [4.78, 5) is 0. The average Bonchev–Trinajstić information content (AvgIpc) is 2.34. The van der Waals surface area contributed by atoms with Gasteiger partial charge in [-0.15, -0.1) is 17.7 Å². The Morgan fingerprint density at radius 1 is 1.53 bits per heavy atom. The number of allylic oxidation sites excluding steroid dienone is 1. The molecule has 1 N–H and O–H groups in total. The number of rotatable bonds is 7. The van der Waals surface area contributed by atoms with E-state index in [1.54, 1.807) is 0 Å². The molecular formula is C13H27ClN2Si. The van der Waals surface area contributed by atoms with Crippen LogP contribution in [0.15, 0.2) is 12.7 Å². The number of piperazine rings is 1. The molecule has 1 fully saturated rings. The summed E-state index contributed by atoms with van der Waals surface area (Å²) in [5.74, 6) is 0. The first-order valence-corrected chi connectivity index (χ1v) is 10.6. The zero-order chi connectivity index (χ0) is 12.7. The molecule has 2 unspecified atom stereocenters. The van der Waals surface area contributed by atoms with Crippen LogP contribution in [0.3, 0.4) is 0 Å². The van der Waals surface area contributed by atoms with Crippen molar-refractivity contribution in [1.29, 1.82) is 0 Å². The van der Waals surface area contributed by atoms with Crippen molar-refractivity contribution in [2.75, 3.05) is 19.6 Å². The zero-order valence-electron chi connectivity index (χ0n) is 11.3. The average molecular weight is 275 g/mol.